The minimum Gasteiger partial charge on any atom is -0.317 e. The largest absolute Gasteiger partial charge is 0.317 e. The lowest BCUT2D eigenvalue weighted by Gasteiger charge is -2.09. The highest BCUT2D eigenvalue weighted by molar-refractivity contribution is 7.91. The molecule has 7 heteroatoms. The maximum atomic E-state index is 11.3. The van der Waals surface area contributed by atoms with E-state index >= 15 is 0 Å². The highest BCUT2D eigenvalue weighted by atomic mass is 32.2. The van der Waals surface area contributed by atoms with E-state index in [9.17, 15) is 8.42 Å². The molecular weight excluding hydrogens is 228 g/mol. The third-order valence-corrected chi connectivity index (χ3v) is 4.36. The van der Waals surface area contributed by atoms with Crippen molar-refractivity contribution in [1.82, 2.24) is 9.55 Å². The average molecular weight is 236 g/mol. The van der Waals surface area contributed by atoms with E-state index in [1.165, 1.54) is 10.9 Å². The van der Waals surface area contributed by atoms with Crippen LogP contribution in [-0.2, 0) is 9.84 Å². The van der Waals surface area contributed by atoms with E-state index in [0.29, 0.717) is 6.42 Å². The molecule has 1 aliphatic rings. The molecule has 1 saturated heterocycles. The summed E-state index contributed by atoms with van der Waals surface area (Å²) in [5.74, 6) is 0.144. The third kappa shape index (κ3) is 1.66. The van der Waals surface area contributed by atoms with Crippen LogP contribution < -0.4 is 0 Å². The molecule has 0 aliphatic carbocycles. The van der Waals surface area contributed by atoms with E-state index in [0.717, 1.165) is 0 Å². The summed E-state index contributed by atoms with van der Waals surface area (Å²) in [6.07, 6.45) is 1.83. The van der Waals surface area contributed by atoms with Crippen molar-refractivity contribution in [2.75, 3.05) is 11.5 Å². The summed E-state index contributed by atoms with van der Waals surface area (Å²) in [5.41, 5.74) is 0.191. The van der Waals surface area contributed by atoms with Crippen LogP contribution in [-0.4, -0.2) is 29.5 Å². The Kier molecular flexibility index (Phi) is 2.41. The fraction of sp³-hybridized carbons (Fsp3) is 0.444. The fourth-order valence-corrected chi connectivity index (χ4v) is 3.54. The van der Waals surface area contributed by atoms with Gasteiger partial charge in [0.05, 0.1) is 23.9 Å². The normalized spacial score (nSPS) is 22.5. The molecule has 1 aliphatic heterocycles. The first kappa shape index (κ1) is 10.7. The molecule has 1 aromatic rings. The number of nitriles is 2. The maximum Gasteiger partial charge on any atom is 0.176 e. The third-order valence-electron chi connectivity index (χ3n) is 2.61. The van der Waals surface area contributed by atoms with Gasteiger partial charge in [0, 0.05) is 0 Å². The van der Waals surface area contributed by atoms with Crippen LogP contribution >= 0.6 is 0 Å². The summed E-state index contributed by atoms with van der Waals surface area (Å²) >= 11 is 0. The van der Waals surface area contributed by atoms with Gasteiger partial charge in [-0.2, -0.15) is 10.5 Å². The molecule has 1 aromatic heterocycles. The van der Waals surface area contributed by atoms with E-state index < -0.39 is 9.84 Å². The Morgan fingerprint density at radius 3 is 2.69 bits per heavy atom. The smallest absolute Gasteiger partial charge is 0.176 e. The Morgan fingerprint density at radius 1 is 1.44 bits per heavy atom. The molecule has 0 N–H and O–H groups in total. The molecule has 16 heavy (non-hydrogen) atoms. The summed E-state index contributed by atoms with van der Waals surface area (Å²) in [7, 11) is -3.01. The van der Waals surface area contributed by atoms with Gasteiger partial charge in [0.2, 0.25) is 0 Å². The molecule has 0 saturated carbocycles. The average Bonchev–Trinajstić information content (AvgIpc) is 2.80. The van der Waals surface area contributed by atoms with Gasteiger partial charge in [0.15, 0.2) is 21.2 Å². The van der Waals surface area contributed by atoms with Crippen LogP contribution in [0.15, 0.2) is 6.33 Å². The first-order valence-electron chi connectivity index (χ1n) is 4.65. The number of aromatic nitrogens is 2. The summed E-state index contributed by atoms with van der Waals surface area (Å²) in [6, 6.07) is 3.42. The van der Waals surface area contributed by atoms with Crippen molar-refractivity contribution in [3.8, 4) is 12.1 Å². The molecule has 0 spiro atoms. The van der Waals surface area contributed by atoms with Gasteiger partial charge in [-0.25, -0.2) is 13.4 Å². The van der Waals surface area contributed by atoms with Crippen LogP contribution in [0.5, 0.6) is 0 Å². The van der Waals surface area contributed by atoms with Crippen molar-refractivity contribution in [3.05, 3.63) is 17.7 Å². The van der Waals surface area contributed by atoms with Crippen LogP contribution in [0.1, 0.15) is 23.9 Å². The minimum absolute atomic E-state index is 0.0168. The predicted octanol–water partition coefficient (Wildman–Crippen LogP) is -0.0139. The molecule has 1 unspecified atom stereocenters. The van der Waals surface area contributed by atoms with Crippen LogP contribution in [0.4, 0.5) is 0 Å². The molecule has 0 bridgehead atoms. The lowest BCUT2D eigenvalue weighted by molar-refractivity contribution is 0.550. The Morgan fingerprint density at radius 2 is 2.19 bits per heavy atom. The fourth-order valence-electron chi connectivity index (χ4n) is 1.83. The van der Waals surface area contributed by atoms with Gasteiger partial charge in [-0.05, 0) is 6.42 Å². The second-order valence-electron chi connectivity index (χ2n) is 3.63. The predicted molar refractivity (Wildman–Crippen MR) is 54.0 cm³/mol. The maximum absolute atomic E-state index is 11.3. The Labute approximate surface area is 92.7 Å². The number of imidazole rings is 1. The second-order valence-corrected chi connectivity index (χ2v) is 5.86. The van der Waals surface area contributed by atoms with Crippen molar-refractivity contribution in [2.24, 2.45) is 0 Å². The SMILES string of the molecule is N#Cc1ncn(C2CCS(=O)(=O)C2)c1C#N. The number of rotatable bonds is 1. The van der Waals surface area contributed by atoms with Gasteiger partial charge < -0.3 is 4.57 Å². The standard InChI is InChI=1S/C9H8N4O2S/c10-3-8-9(4-11)13(6-12-8)7-1-2-16(14,15)5-7/h6-7H,1-2,5H2. The lowest BCUT2D eigenvalue weighted by Crippen LogP contribution is -2.11. The van der Waals surface area contributed by atoms with Gasteiger partial charge in [-0.1, -0.05) is 0 Å². The highest BCUT2D eigenvalue weighted by Crippen LogP contribution is 2.25. The van der Waals surface area contributed by atoms with Crippen molar-refractivity contribution < 1.29 is 8.42 Å². The van der Waals surface area contributed by atoms with Gasteiger partial charge in [0.1, 0.15) is 12.1 Å². The lowest BCUT2D eigenvalue weighted by atomic mass is 10.2. The zero-order valence-electron chi connectivity index (χ0n) is 8.29. The molecule has 82 valence electrons. The minimum atomic E-state index is -3.01. The summed E-state index contributed by atoms with van der Waals surface area (Å²) in [5, 5.41) is 17.6. The van der Waals surface area contributed by atoms with E-state index in [4.69, 9.17) is 10.5 Å². The number of nitrogens with zero attached hydrogens (tertiary/aromatic N) is 4. The van der Waals surface area contributed by atoms with Gasteiger partial charge in [-0.15, -0.1) is 0 Å². The number of sulfone groups is 1. The molecule has 6 nitrogen and oxygen atoms in total. The first-order chi connectivity index (χ1) is 7.57. The molecule has 1 fully saturated rings. The van der Waals surface area contributed by atoms with Crippen LogP contribution in [0.3, 0.4) is 0 Å². The van der Waals surface area contributed by atoms with E-state index in [2.05, 4.69) is 4.98 Å². The van der Waals surface area contributed by atoms with E-state index in [1.807, 2.05) is 12.1 Å². The quantitative estimate of drug-likeness (QED) is 0.682. The number of hydrogen-bond acceptors (Lipinski definition) is 5. The van der Waals surface area contributed by atoms with Crippen molar-refractivity contribution in [1.29, 1.82) is 10.5 Å². The second kappa shape index (κ2) is 3.62. The monoisotopic (exact) mass is 236 g/mol. The van der Waals surface area contributed by atoms with Gasteiger partial charge in [0.25, 0.3) is 0 Å². The van der Waals surface area contributed by atoms with Crippen molar-refractivity contribution in [3.63, 3.8) is 0 Å². The zero-order valence-corrected chi connectivity index (χ0v) is 9.11. The van der Waals surface area contributed by atoms with E-state index in [1.54, 1.807) is 0 Å². The number of hydrogen-bond donors (Lipinski definition) is 0. The molecule has 0 radical (unpaired) electrons. The molecule has 0 amide bonds. The Hall–Kier alpha value is -1.86. The van der Waals surface area contributed by atoms with Crippen LogP contribution in [0.25, 0.3) is 0 Å². The summed E-state index contributed by atoms with van der Waals surface area (Å²) in [6.45, 7) is 0. The Balaban J connectivity index is 2.41. The van der Waals surface area contributed by atoms with Gasteiger partial charge >= 0.3 is 0 Å². The molecule has 0 aromatic carbocycles. The molecule has 2 rings (SSSR count). The van der Waals surface area contributed by atoms with Crippen LogP contribution in [0, 0.1) is 22.7 Å². The van der Waals surface area contributed by atoms with Crippen molar-refractivity contribution in [2.45, 2.75) is 12.5 Å². The molecule has 2 heterocycles. The van der Waals surface area contributed by atoms with E-state index in [-0.39, 0.29) is 28.9 Å². The zero-order chi connectivity index (χ0) is 11.8. The van der Waals surface area contributed by atoms with Crippen molar-refractivity contribution >= 4 is 9.84 Å². The molecule has 1 atom stereocenters. The molecular formula is C9H8N4O2S. The first-order valence-corrected chi connectivity index (χ1v) is 6.47. The van der Waals surface area contributed by atoms with Crippen LogP contribution in [0.2, 0.25) is 0 Å². The topological polar surface area (TPSA) is 99.5 Å². The summed E-state index contributed by atoms with van der Waals surface area (Å²) in [4.78, 5) is 3.78. The highest BCUT2D eigenvalue weighted by Gasteiger charge is 2.31. The summed E-state index contributed by atoms with van der Waals surface area (Å²) < 4.78 is 24.1. The Bertz CT molecular complexity index is 602. The van der Waals surface area contributed by atoms with Gasteiger partial charge in [-0.3, -0.25) is 0 Å².